The number of aromatic nitrogens is 1. The van der Waals surface area contributed by atoms with E-state index in [-0.39, 0.29) is 0 Å². The summed E-state index contributed by atoms with van der Waals surface area (Å²) in [5.41, 5.74) is 3.93. The van der Waals surface area contributed by atoms with E-state index in [0.717, 1.165) is 18.9 Å². The van der Waals surface area contributed by atoms with Crippen LogP contribution in [0, 0.1) is 6.92 Å². The zero-order valence-corrected chi connectivity index (χ0v) is 13.4. The fourth-order valence-corrected chi connectivity index (χ4v) is 2.23. The molecular weight excluding hydrogens is 258 g/mol. The Labute approximate surface area is 128 Å². The predicted molar refractivity (Wildman–Crippen MR) is 89.5 cm³/mol. The van der Waals surface area contributed by atoms with Crippen molar-refractivity contribution >= 4 is 5.82 Å². The Bertz CT molecular complexity index is 578. The van der Waals surface area contributed by atoms with Crippen LogP contribution in [0.5, 0.6) is 0 Å². The van der Waals surface area contributed by atoms with Crippen molar-refractivity contribution < 1.29 is 0 Å². The summed E-state index contributed by atoms with van der Waals surface area (Å²) < 4.78 is 0. The monoisotopic (exact) mass is 283 g/mol. The number of aryl methyl sites for hydroxylation is 1. The van der Waals surface area contributed by atoms with Gasteiger partial charge < -0.3 is 10.2 Å². The molecule has 0 aliphatic carbocycles. The molecule has 0 aliphatic heterocycles. The predicted octanol–water partition coefficient (Wildman–Crippen LogP) is 3.52. The van der Waals surface area contributed by atoms with Gasteiger partial charge in [0.2, 0.25) is 0 Å². The summed E-state index contributed by atoms with van der Waals surface area (Å²) in [4.78, 5) is 6.69. The molecule has 1 aromatic carbocycles. The molecule has 2 aromatic rings. The maximum atomic E-state index is 4.49. The lowest BCUT2D eigenvalue weighted by atomic mass is 10.1. The van der Waals surface area contributed by atoms with E-state index >= 15 is 0 Å². The van der Waals surface area contributed by atoms with Gasteiger partial charge in [-0.15, -0.1) is 0 Å². The standard InChI is InChI=1S/C18H25N3/c1-14(2)20-12-16-9-10-19-18(11-16)21(4)13-17-8-6-5-7-15(17)3/h5-11,14,20H,12-13H2,1-4H3. The third kappa shape index (κ3) is 4.57. The smallest absolute Gasteiger partial charge is 0.128 e. The summed E-state index contributed by atoms with van der Waals surface area (Å²) in [7, 11) is 2.09. The average molecular weight is 283 g/mol. The first kappa shape index (κ1) is 15.5. The van der Waals surface area contributed by atoms with Gasteiger partial charge in [0.15, 0.2) is 0 Å². The Kier molecular flexibility index (Phi) is 5.34. The van der Waals surface area contributed by atoms with Crippen molar-refractivity contribution in [1.82, 2.24) is 10.3 Å². The molecule has 112 valence electrons. The first-order chi connectivity index (χ1) is 10.1. The van der Waals surface area contributed by atoms with Crippen molar-refractivity contribution in [2.24, 2.45) is 0 Å². The van der Waals surface area contributed by atoms with Crippen LogP contribution < -0.4 is 10.2 Å². The van der Waals surface area contributed by atoms with Crippen LogP contribution in [0.4, 0.5) is 5.82 Å². The van der Waals surface area contributed by atoms with Gasteiger partial charge in [0, 0.05) is 32.4 Å². The molecule has 1 aromatic heterocycles. The van der Waals surface area contributed by atoms with Gasteiger partial charge in [-0.25, -0.2) is 4.98 Å². The van der Waals surface area contributed by atoms with Crippen LogP contribution in [-0.2, 0) is 13.1 Å². The molecule has 0 unspecified atom stereocenters. The van der Waals surface area contributed by atoms with Crippen LogP contribution in [0.2, 0.25) is 0 Å². The first-order valence-corrected chi connectivity index (χ1v) is 7.50. The molecule has 0 aliphatic rings. The van der Waals surface area contributed by atoms with Gasteiger partial charge in [0.1, 0.15) is 5.82 Å². The number of benzene rings is 1. The van der Waals surface area contributed by atoms with Crippen LogP contribution in [0.3, 0.4) is 0 Å². The van der Waals surface area contributed by atoms with E-state index in [0.29, 0.717) is 6.04 Å². The molecule has 2 rings (SSSR count). The van der Waals surface area contributed by atoms with Gasteiger partial charge in [0.25, 0.3) is 0 Å². The summed E-state index contributed by atoms with van der Waals surface area (Å²) in [5, 5.41) is 3.44. The van der Waals surface area contributed by atoms with E-state index in [2.05, 4.69) is 79.4 Å². The molecule has 3 heteroatoms. The van der Waals surface area contributed by atoms with Crippen molar-refractivity contribution in [2.75, 3.05) is 11.9 Å². The molecule has 0 radical (unpaired) electrons. The van der Waals surface area contributed by atoms with Crippen LogP contribution in [0.25, 0.3) is 0 Å². The Morgan fingerprint density at radius 2 is 1.95 bits per heavy atom. The maximum absolute atomic E-state index is 4.49. The van der Waals surface area contributed by atoms with Crippen molar-refractivity contribution in [1.29, 1.82) is 0 Å². The third-order valence-corrected chi connectivity index (χ3v) is 3.58. The molecule has 0 spiro atoms. The zero-order valence-electron chi connectivity index (χ0n) is 13.4. The second-order valence-corrected chi connectivity index (χ2v) is 5.84. The topological polar surface area (TPSA) is 28.2 Å². The molecule has 0 atom stereocenters. The summed E-state index contributed by atoms with van der Waals surface area (Å²) in [6.45, 7) is 8.23. The normalized spacial score (nSPS) is 10.9. The number of hydrogen-bond acceptors (Lipinski definition) is 3. The fourth-order valence-electron chi connectivity index (χ4n) is 2.23. The number of nitrogens with zero attached hydrogens (tertiary/aromatic N) is 2. The molecule has 1 N–H and O–H groups in total. The molecule has 0 fully saturated rings. The van der Waals surface area contributed by atoms with E-state index < -0.39 is 0 Å². The minimum Gasteiger partial charge on any atom is -0.355 e. The summed E-state index contributed by atoms with van der Waals surface area (Å²) in [5.74, 6) is 1.02. The van der Waals surface area contributed by atoms with Crippen molar-refractivity contribution in [3.05, 3.63) is 59.3 Å². The van der Waals surface area contributed by atoms with E-state index in [1.165, 1.54) is 16.7 Å². The van der Waals surface area contributed by atoms with Gasteiger partial charge in [-0.05, 0) is 35.7 Å². The Morgan fingerprint density at radius 1 is 1.19 bits per heavy atom. The van der Waals surface area contributed by atoms with Gasteiger partial charge >= 0.3 is 0 Å². The second kappa shape index (κ2) is 7.23. The average Bonchev–Trinajstić information content (AvgIpc) is 2.48. The lowest BCUT2D eigenvalue weighted by Crippen LogP contribution is -2.22. The van der Waals surface area contributed by atoms with E-state index in [1.54, 1.807) is 0 Å². The second-order valence-electron chi connectivity index (χ2n) is 5.84. The zero-order chi connectivity index (χ0) is 15.2. The minimum atomic E-state index is 0.492. The SMILES string of the molecule is Cc1ccccc1CN(C)c1cc(CNC(C)C)ccn1. The molecule has 0 saturated heterocycles. The molecule has 21 heavy (non-hydrogen) atoms. The van der Waals surface area contributed by atoms with Crippen LogP contribution in [0.15, 0.2) is 42.6 Å². The number of rotatable bonds is 6. The van der Waals surface area contributed by atoms with Crippen LogP contribution >= 0.6 is 0 Å². The lowest BCUT2D eigenvalue weighted by Gasteiger charge is -2.20. The third-order valence-electron chi connectivity index (χ3n) is 3.58. The van der Waals surface area contributed by atoms with Gasteiger partial charge in [-0.1, -0.05) is 38.1 Å². The number of hydrogen-bond donors (Lipinski definition) is 1. The number of nitrogens with one attached hydrogen (secondary N) is 1. The molecule has 3 nitrogen and oxygen atoms in total. The Hall–Kier alpha value is -1.87. The van der Waals surface area contributed by atoms with Gasteiger partial charge in [-0.2, -0.15) is 0 Å². The van der Waals surface area contributed by atoms with E-state index in [9.17, 15) is 0 Å². The van der Waals surface area contributed by atoms with Gasteiger partial charge in [-0.3, -0.25) is 0 Å². The minimum absolute atomic E-state index is 0.492. The summed E-state index contributed by atoms with van der Waals surface area (Å²) in [6.07, 6.45) is 1.89. The van der Waals surface area contributed by atoms with Crippen LogP contribution in [0.1, 0.15) is 30.5 Å². The highest BCUT2D eigenvalue weighted by atomic mass is 15.2. The van der Waals surface area contributed by atoms with E-state index in [1.807, 2.05) is 6.20 Å². The maximum Gasteiger partial charge on any atom is 0.128 e. The van der Waals surface area contributed by atoms with Gasteiger partial charge in [0.05, 0.1) is 0 Å². The fraction of sp³-hybridized carbons (Fsp3) is 0.389. The van der Waals surface area contributed by atoms with Crippen LogP contribution in [-0.4, -0.2) is 18.1 Å². The quantitative estimate of drug-likeness (QED) is 0.879. The molecule has 1 heterocycles. The Morgan fingerprint density at radius 3 is 2.67 bits per heavy atom. The summed E-state index contributed by atoms with van der Waals surface area (Å²) >= 11 is 0. The Balaban J connectivity index is 2.07. The number of anilines is 1. The molecule has 0 bridgehead atoms. The summed E-state index contributed by atoms with van der Waals surface area (Å²) in [6, 6.07) is 13.2. The largest absolute Gasteiger partial charge is 0.355 e. The lowest BCUT2D eigenvalue weighted by molar-refractivity contribution is 0.588. The van der Waals surface area contributed by atoms with Crippen molar-refractivity contribution in [3.63, 3.8) is 0 Å². The first-order valence-electron chi connectivity index (χ1n) is 7.50. The van der Waals surface area contributed by atoms with E-state index in [4.69, 9.17) is 0 Å². The highest BCUT2D eigenvalue weighted by Gasteiger charge is 2.06. The highest BCUT2D eigenvalue weighted by molar-refractivity contribution is 5.42. The molecular formula is C18H25N3. The van der Waals surface area contributed by atoms with Crippen molar-refractivity contribution in [2.45, 2.75) is 39.9 Å². The number of pyridine rings is 1. The van der Waals surface area contributed by atoms with Crippen molar-refractivity contribution in [3.8, 4) is 0 Å². The highest BCUT2D eigenvalue weighted by Crippen LogP contribution is 2.16. The molecule has 0 amide bonds. The molecule has 0 saturated carbocycles.